The van der Waals surface area contributed by atoms with Crippen molar-refractivity contribution in [1.82, 2.24) is 0 Å². The Morgan fingerprint density at radius 1 is 0.821 bits per heavy atom. The van der Waals surface area contributed by atoms with Crippen molar-refractivity contribution >= 4 is 0 Å². The largest absolute Gasteiger partial charge is 1.00 e. The maximum absolute atomic E-state index is 6.50. The summed E-state index contributed by atoms with van der Waals surface area (Å²) in [7, 11) is 0. The maximum atomic E-state index is 6.50. The van der Waals surface area contributed by atoms with Crippen LogP contribution in [0.25, 0.3) is 0 Å². The Balaban J connectivity index is 0.00000280. The summed E-state index contributed by atoms with van der Waals surface area (Å²) in [5.74, 6) is 1.08. The number of hydrogen-bond donors (Lipinski definition) is 0. The zero-order chi connectivity index (χ0) is 19.1. The van der Waals surface area contributed by atoms with Crippen LogP contribution in [0.4, 0.5) is 0 Å². The average molecular weight is 446 g/mol. The Bertz CT molecular complexity index is 687. The lowest BCUT2D eigenvalue weighted by Crippen LogP contribution is -3.00. The molecule has 0 N–H and O–H groups in total. The first-order valence-corrected chi connectivity index (χ1v) is 10.7. The highest BCUT2D eigenvalue weighted by atomic mass is 79.9. The third-order valence-electron chi connectivity index (χ3n) is 6.00. The van der Waals surface area contributed by atoms with E-state index in [4.69, 9.17) is 4.74 Å². The summed E-state index contributed by atoms with van der Waals surface area (Å²) >= 11 is 0. The van der Waals surface area contributed by atoms with Gasteiger partial charge in [0.2, 0.25) is 0 Å². The molecule has 3 heteroatoms. The quantitative estimate of drug-likeness (QED) is 0.620. The second-order valence-corrected chi connectivity index (χ2v) is 8.53. The summed E-state index contributed by atoms with van der Waals surface area (Å²) in [5.41, 5.74) is 3.94. The molecule has 3 rings (SSSR count). The van der Waals surface area contributed by atoms with Crippen molar-refractivity contribution in [2.45, 2.75) is 65.5 Å². The lowest BCUT2D eigenvalue weighted by molar-refractivity contribution is -0.944. The molecule has 1 fully saturated rings. The molecule has 2 aromatic rings. The highest BCUT2D eigenvalue weighted by Crippen LogP contribution is 2.27. The Hall–Kier alpha value is -1.32. The van der Waals surface area contributed by atoms with Gasteiger partial charge in [0.1, 0.15) is 24.9 Å². The molecular formula is C25H36BrNO. The van der Waals surface area contributed by atoms with E-state index in [0.29, 0.717) is 0 Å². The summed E-state index contributed by atoms with van der Waals surface area (Å²) in [4.78, 5) is 0. The zero-order valence-electron chi connectivity index (χ0n) is 17.8. The van der Waals surface area contributed by atoms with Gasteiger partial charge in [-0.2, -0.15) is 0 Å². The van der Waals surface area contributed by atoms with Crippen molar-refractivity contribution in [1.29, 1.82) is 0 Å². The zero-order valence-corrected chi connectivity index (χ0v) is 19.4. The van der Waals surface area contributed by atoms with Gasteiger partial charge in [-0.3, -0.25) is 0 Å². The Morgan fingerprint density at radius 2 is 1.39 bits per heavy atom. The normalized spacial score (nSPS) is 17.7. The maximum Gasteiger partial charge on any atom is 0.145 e. The molecule has 0 aliphatic carbocycles. The van der Waals surface area contributed by atoms with E-state index in [1.54, 1.807) is 0 Å². The summed E-state index contributed by atoms with van der Waals surface area (Å²) in [6.45, 7) is 11.3. The van der Waals surface area contributed by atoms with E-state index >= 15 is 0 Å². The molecular weight excluding hydrogens is 410 g/mol. The minimum atomic E-state index is 0. The van der Waals surface area contributed by atoms with E-state index in [1.807, 2.05) is 0 Å². The molecule has 0 spiro atoms. The van der Waals surface area contributed by atoms with E-state index in [0.717, 1.165) is 23.3 Å². The number of aryl methyl sites for hydroxylation is 2. The molecule has 1 atom stereocenters. The van der Waals surface area contributed by atoms with Crippen LogP contribution in [-0.2, 0) is 6.54 Å². The molecule has 1 saturated heterocycles. The van der Waals surface area contributed by atoms with Gasteiger partial charge in [0.05, 0.1) is 13.1 Å². The fourth-order valence-electron chi connectivity index (χ4n) is 4.68. The number of benzene rings is 2. The van der Waals surface area contributed by atoms with Gasteiger partial charge in [0.25, 0.3) is 0 Å². The first-order chi connectivity index (χ1) is 13.1. The van der Waals surface area contributed by atoms with Gasteiger partial charge < -0.3 is 26.2 Å². The Morgan fingerprint density at radius 3 is 2.00 bits per heavy atom. The summed E-state index contributed by atoms with van der Waals surface area (Å²) in [6, 6.07) is 17.5. The SMILES string of the molecule is Cc1cccc(C)c1OC(C)C[N+]1(Cc2ccccc2)CCCCCCC1.[Br-]. The van der Waals surface area contributed by atoms with Crippen LogP contribution in [0.2, 0.25) is 0 Å². The smallest absolute Gasteiger partial charge is 0.145 e. The highest BCUT2D eigenvalue weighted by Gasteiger charge is 2.31. The van der Waals surface area contributed by atoms with Crippen molar-refractivity contribution < 1.29 is 26.2 Å². The van der Waals surface area contributed by atoms with Crippen LogP contribution in [0.3, 0.4) is 0 Å². The van der Waals surface area contributed by atoms with Crippen LogP contribution < -0.4 is 21.7 Å². The van der Waals surface area contributed by atoms with Gasteiger partial charge in [-0.1, -0.05) is 55.0 Å². The van der Waals surface area contributed by atoms with Gasteiger partial charge in [-0.05, 0) is 57.6 Å². The molecule has 0 bridgehead atoms. The van der Waals surface area contributed by atoms with Crippen molar-refractivity contribution in [3.05, 3.63) is 65.2 Å². The molecule has 0 amide bonds. The second-order valence-electron chi connectivity index (χ2n) is 8.53. The molecule has 2 aromatic carbocycles. The Labute approximate surface area is 182 Å². The fourth-order valence-corrected chi connectivity index (χ4v) is 4.68. The predicted molar refractivity (Wildman–Crippen MR) is 114 cm³/mol. The number of para-hydroxylation sites is 1. The van der Waals surface area contributed by atoms with E-state index in [1.165, 1.54) is 61.9 Å². The van der Waals surface area contributed by atoms with Gasteiger partial charge in [0.15, 0.2) is 0 Å². The molecule has 0 radical (unpaired) electrons. The van der Waals surface area contributed by atoms with Crippen molar-refractivity contribution in [3.63, 3.8) is 0 Å². The van der Waals surface area contributed by atoms with E-state index in [9.17, 15) is 0 Å². The molecule has 28 heavy (non-hydrogen) atoms. The van der Waals surface area contributed by atoms with E-state index in [2.05, 4.69) is 69.3 Å². The van der Waals surface area contributed by atoms with Gasteiger partial charge in [0, 0.05) is 5.56 Å². The fraction of sp³-hybridized carbons (Fsp3) is 0.520. The summed E-state index contributed by atoms with van der Waals surface area (Å²) in [5, 5.41) is 0. The lowest BCUT2D eigenvalue weighted by Gasteiger charge is -2.42. The van der Waals surface area contributed by atoms with Gasteiger partial charge >= 0.3 is 0 Å². The van der Waals surface area contributed by atoms with E-state index < -0.39 is 0 Å². The predicted octanol–water partition coefficient (Wildman–Crippen LogP) is 3.06. The van der Waals surface area contributed by atoms with Crippen LogP contribution >= 0.6 is 0 Å². The first kappa shape index (κ1) is 23.0. The van der Waals surface area contributed by atoms with Gasteiger partial charge in [-0.15, -0.1) is 0 Å². The number of hydrogen-bond acceptors (Lipinski definition) is 1. The third-order valence-corrected chi connectivity index (χ3v) is 6.00. The van der Waals surface area contributed by atoms with Crippen molar-refractivity contribution in [2.24, 2.45) is 0 Å². The summed E-state index contributed by atoms with van der Waals surface area (Å²) < 4.78 is 7.66. The van der Waals surface area contributed by atoms with Crippen LogP contribution in [0, 0.1) is 13.8 Å². The molecule has 154 valence electrons. The van der Waals surface area contributed by atoms with Crippen molar-refractivity contribution in [3.8, 4) is 5.75 Å². The van der Waals surface area contributed by atoms with Crippen LogP contribution in [-0.4, -0.2) is 30.2 Å². The van der Waals surface area contributed by atoms with E-state index in [-0.39, 0.29) is 23.1 Å². The number of quaternary nitrogens is 1. The number of ether oxygens (including phenoxy) is 1. The standard InChI is InChI=1S/C25H36NO.BrH/c1-21-13-12-14-22(2)25(21)27-23(3)19-26(17-10-5-4-6-11-18-26)20-24-15-8-7-9-16-24;/h7-9,12-16,23H,4-6,10-11,17-20H2,1-3H3;1H/q+1;/p-1. The third kappa shape index (κ3) is 6.35. The second kappa shape index (κ2) is 11.0. The Kier molecular flexibility index (Phi) is 9.04. The van der Waals surface area contributed by atoms with Crippen LogP contribution in [0.15, 0.2) is 48.5 Å². The van der Waals surface area contributed by atoms with Crippen molar-refractivity contribution in [2.75, 3.05) is 19.6 Å². The van der Waals surface area contributed by atoms with Gasteiger partial charge in [-0.25, -0.2) is 0 Å². The topological polar surface area (TPSA) is 9.23 Å². The molecule has 1 heterocycles. The number of rotatable bonds is 6. The molecule has 1 unspecified atom stereocenters. The minimum Gasteiger partial charge on any atom is -1.00 e. The molecule has 0 saturated carbocycles. The minimum absolute atomic E-state index is 0. The molecule has 1 aliphatic heterocycles. The molecule has 0 aromatic heterocycles. The lowest BCUT2D eigenvalue weighted by atomic mass is 10.0. The average Bonchev–Trinajstić information content (AvgIpc) is 2.63. The number of halogens is 1. The molecule has 2 nitrogen and oxygen atoms in total. The number of likely N-dealkylation sites (tertiary alicyclic amines) is 1. The monoisotopic (exact) mass is 445 g/mol. The summed E-state index contributed by atoms with van der Waals surface area (Å²) in [6.07, 6.45) is 7.04. The van der Waals surface area contributed by atoms with Crippen LogP contribution in [0.5, 0.6) is 5.75 Å². The molecule has 1 aliphatic rings. The number of nitrogens with zero attached hydrogens (tertiary/aromatic N) is 1. The highest BCUT2D eigenvalue weighted by molar-refractivity contribution is 5.39. The van der Waals surface area contributed by atoms with Crippen LogP contribution in [0.1, 0.15) is 55.7 Å². The first-order valence-electron chi connectivity index (χ1n) is 10.7.